The molecule has 0 aliphatic heterocycles. The van der Waals surface area contributed by atoms with Crippen molar-refractivity contribution >= 4 is 107 Å². The molecule has 0 saturated heterocycles. The van der Waals surface area contributed by atoms with Gasteiger partial charge in [-0.05, 0) is 82.9 Å². The zero-order valence-electron chi connectivity index (χ0n) is 34.5. The Bertz CT molecular complexity index is 3940. The van der Waals surface area contributed by atoms with Crippen LogP contribution < -0.4 is 0 Å². The van der Waals surface area contributed by atoms with Crippen molar-refractivity contribution < 1.29 is 0 Å². The second-order valence-corrected chi connectivity index (χ2v) is 18.9. The van der Waals surface area contributed by atoms with Gasteiger partial charge in [-0.2, -0.15) is 0 Å². The summed E-state index contributed by atoms with van der Waals surface area (Å²) in [6, 6.07) is 80.9. The Morgan fingerprint density at radius 1 is 0.250 bits per heavy atom. The van der Waals surface area contributed by atoms with Gasteiger partial charge in [0, 0.05) is 73.0 Å². The van der Waals surface area contributed by atoms with Gasteiger partial charge in [0.2, 0.25) is 0 Å². The van der Waals surface area contributed by atoms with E-state index in [0.29, 0.717) is 0 Å². The lowest BCUT2D eigenvalue weighted by atomic mass is 10.00. The third-order valence-corrected chi connectivity index (χ3v) is 15.8. The topological polar surface area (TPSA) is 9.86 Å². The molecular weight excluding hydrogens is 813 g/mol. The van der Waals surface area contributed by atoms with E-state index in [9.17, 15) is 0 Å². The number of hydrogen-bond donors (Lipinski definition) is 0. The van der Waals surface area contributed by atoms with Gasteiger partial charge >= 0.3 is 0 Å². The van der Waals surface area contributed by atoms with Crippen LogP contribution in [-0.4, -0.2) is 9.13 Å². The highest BCUT2D eigenvalue weighted by atomic mass is 32.1. The number of fused-ring (bicyclic) bond motifs is 12. The molecule has 64 heavy (non-hydrogen) atoms. The largest absolute Gasteiger partial charge is 0.309 e. The number of aromatic nitrogens is 2. The van der Waals surface area contributed by atoms with Crippen LogP contribution in [0.2, 0.25) is 0 Å². The maximum absolute atomic E-state index is 2.48. The lowest BCUT2D eigenvalue weighted by Crippen LogP contribution is -2.01. The van der Waals surface area contributed by atoms with Crippen molar-refractivity contribution in [1.29, 1.82) is 0 Å². The van der Waals surface area contributed by atoms with Crippen molar-refractivity contribution in [2.24, 2.45) is 0 Å². The Labute approximate surface area is 376 Å². The maximum Gasteiger partial charge on any atom is 0.0541 e. The Morgan fingerprint density at radius 3 is 1.09 bits per heavy atom. The number of benzene rings is 10. The van der Waals surface area contributed by atoms with E-state index in [2.05, 4.69) is 228 Å². The molecule has 0 unspecified atom stereocenters. The highest BCUT2D eigenvalue weighted by Crippen LogP contribution is 2.45. The summed E-state index contributed by atoms with van der Waals surface area (Å²) in [6.45, 7) is 0. The molecular formula is C60H36N2S2. The molecule has 0 bridgehead atoms. The highest BCUT2D eigenvalue weighted by molar-refractivity contribution is 7.26. The molecule has 0 fully saturated rings. The van der Waals surface area contributed by atoms with Crippen molar-refractivity contribution in [3.8, 4) is 44.8 Å². The van der Waals surface area contributed by atoms with Gasteiger partial charge in [-0.1, -0.05) is 158 Å². The third-order valence-electron chi connectivity index (χ3n) is 13.4. The first-order valence-electron chi connectivity index (χ1n) is 21.8. The quantitative estimate of drug-likeness (QED) is 0.163. The summed E-state index contributed by atoms with van der Waals surface area (Å²) in [5.74, 6) is 0. The van der Waals surface area contributed by atoms with Gasteiger partial charge in [0.15, 0.2) is 0 Å². The molecule has 4 heteroatoms. The summed E-state index contributed by atoms with van der Waals surface area (Å²) >= 11 is 3.78. The van der Waals surface area contributed by atoms with Gasteiger partial charge in [-0.25, -0.2) is 0 Å². The van der Waals surface area contributed by atoms with Gasteiger partial charge in [0.25, 0.3) is 0 Å². The van der Waals surface area contributed by atoms with E-state index in [1.165, 1.54) is 117 Å². The SMILES string of the molecule is c1ccc(-n2c3ccccc3c3cc(-c4cccc5c4sc4ccccc45)ccc32)c(-c2ccccc2-n2c3ccccc3c3cc(-c4cccc5c4sc4ccccc45)ccc32)c1. The molecule has 0 atom stereocenters. The van der Waals surface area contributed by atoms with Crippen LogP contribution >= 0.6 is 22.7 Å². The first-order chi connectivity index (χ1) is 31.8. The molecule has 14 aromatic rings. The van der Waals surface area contributed by atoms with Gasteiger partial charge in [0.1, 0.15) is 0 Å². The summed E-state index contributed by atoms with van der Waals surface area (Å²) in [4.78, 5) is 0. The Balaban J connectivity index is 0.952. The van der Waals surface area contributed by atoms with Gasteiger partial charge in [0.05, 0.1) is 33.4 Å². The molecule has 0 N–H and O–H groups in total. The smallest absolute Gasteiger partial charge is 0.0541 e. The van der Waals surface area contributed by atoms with E-state index >= 15 is 0 Å². The molecule has 2 nitrogen and oxygen atoms in total. The first-order valence-corrected chi connectivity index (χ1v) is 23.5. The highest BCUT2D eigenvalue weighted by Gasteiger charge is 2.21. The zero-order valence-corrected chi connectivity index (χ0v) is 36.1. The number of rotatable bonds is 5. The summed E-state index contributed by atoms with van der Waals surface area (Å²) in [5, 5.41) is 10.3. The maximum atomic E-state index is 2.48. The van der Waals surface area contributed by atoms with Gasteiger partial charge in [-0.15, -0.1) is 22.7 Å². The average molecular weight is 849 g/mol. The molecule has 4 aromatic heterocycles. The van der Waals surface area contributed by atoms with Crippen LogP contribution in [0.1, 0.15) is 0 Å². The minimum atomic E-state index is 1.15. The summed E-state index contributed by atoms with van der Waals surface area (Å²) in [5.41, 5.74) is 14.5. The van der Waals surface area contributed by atoms with E-state index in [1.54, 1.807) is 0 Å². The zero-order chi connectivity index (χ0) is 41.9. The predicted molar refractivity (Wildman–Crippen MR) is 277 cm³/mol. The first kappa shape index (κ1) is 35.8. The fraction of sp³-hybridized carbons (Fsp3) is 0. The normalized spacial score (nSPS) is 12.1. The Hall–Kier alpha value is -7.76. The second-order valence-electron chi connectivity index (χ2n) is 16.8. The van der Waals surface area contributed by atoms with Gasteiger partial charge < -0.3 is 9.13 Å². The number of para-hydroxylation sites is 4. The van der Waals surface area contributed by atoms with Crippen LogP contribution in [0, 0.1) is 0 Å². The van der Waals surface area contributed by atoms with Crippen LogP contribution in [-0.2, 0) is 0 Å². The summed E-state index contributed by atoms with van der Waals surface area (Å²) in [7, 11) is 0. The van der Waals surface area contributed by atoms with E-state index in [-0.39, 0.29) is 0 Å². The lowest BCUT2D eigenvalue weighted by Gasteiger charge is -2.18. The van der Waals surface area contributed by atoms with Crippen LogP contribution in [0.5, 0.6) is 0 Å². The molecule has 0 spiro atoms. The van der Waals surface area contributed by atoms with Crippen LogP contribution in [0.25, 0.3) is 129 Å². The van der Waals surface area contributed by atoms with Crippen molar-refractivity contribution in [3.05, 3.63) is 218 Å². The average Bonchev–Trinajstić information content (AvgIpc) is 4.11. The second kappa shape index (κ2) is 13.9. The molecule has 14 rings (SSSR count). The molecule has 0 saturated carbocycles. The van der Waals surface area contributed by atoms with Crippen molar-refractivity contribution in [3.63, 3.8) is 0 Å². The monoisotopic (exact) mass is 848 g/mol. The molecule has 0 radical (unpaired) electrons. The molecule has 0 aliphatic rings. The number of hydrogen-bond acceptors (Lipinski definition) is 2. The molecule has 10 aromatic carbocycles. The van der Waals surface area contributed by atoms with Crippen molar-refractivity contribution in [2.75, 3.05) is 0 Å². The van der Waals surface area contributed by atoms with Crippen LogP contribution in [0.3, 0.4) is 0 Å². The molecule has 298 valence electrons. The predicted octanol–water partition coefficient (Wildman–Crippen LogP) is 17.6. The van der Waals surface area contributed by atoms with E-state index in [0.717, 1.165) is 11.4 Å². The minimum Gasteiger partial charge on any atom is -0.309 e. The van der Waals surface area contributed by atoms with Crippen LogP contribution in [0.15, 0.2) is 218 Å². The van der Waals surface area contributed by atoms with E-state index < -0.39 is 0 Å². The van der Waals surface area contributed by atoms with Crippen molar-refractivity contribution in [2.45, 2.75) is 0 Å². The summed E-state index contributed by atoms with van der Waals surface area (Å²) in [6.07, 6.45) is 0. The summed E-state index contributed by atoms with van der Waals surface area (Å²) < 4.78 is 10.3. The van der Waals surface area contributed by atoms with E-state index in [4.69, 9.17) is 0 Å². The minimum absolute atomic E-state index is 1.15. The van der Waals surface area contributed by atoms with Gasteiger partial charge in [-0.3, -0.25) is 0 Å². The molecule has 0 aliphatic carbocycles. The fourth-order valence-corrected chi connectivity index (χ4v) is 13.0. The lowest BCUT2D eigenvalue weighted by molar-refractivity contribution is 1.16. The Kier molecular flexibility index (Phi) is 7.76. The number of thiophene rings is 2. The Morgan fingerprint density at radius 2 is 0.609 bits per heavy atom. The van der Waals surface area contributed by atoms with Crippen LogP contribution in [0.4, 0.5) is 0 Å². The fourth-order valence-electron chi connectivity index (χ4n) is 10.5. The van der Waals surface area contributed by atoms with E-state index in [1.807, 2.05) is 22.7 Å². The molecule has 4 heterocycles. The standard InChI is InChI=1S/C60H36N2S2/c1-7-25-51(61-53-27-9-3-17-43(53)49-35-37(31-33-55(49)61)39-21-13-23-47-45-19-5-11-29-57(45)63-59(39)47)41(15-1)42-16-2-8-26-52(42)62-54-28-10-4-18-44(54)50-36-38(32-34-56(50)62)40-22-14-24-48-46-20-6-12-30-58(46)64-60(40)48/h1-36H. The third kappa shape index (κ3) is 5.18. The number of nitrogens with zero attached hydrogens (tertiary/aromatic N) is 2. The molecule has 0 amide bonds. The van der Waals surface area contributed by atoms with Crippen molar-refractivity contribution in [1.82, 2.24) is 9.13 Å².